The fourth-order valence-electron chi connectivity index (χ4n) is 6.11. The van der Waals surface area contributed by atoms with Crippen molar-refractivity contribution in [1.82, 2.24) is 19.3 Å². The van der Waals surface area contributed by atoms with E-state index in [1.807, 2.05) is 30.5 Å². The summed E-state index contributed by atoms with van der Waals surface area (Å²) >= 11 is 0. The van der Waals surface area contributed by atoms with Gasteiger partial charge in [-0.15, -0.1) is 35.7 Å². The molecule has 0 aliphatic heterocycles. The van der Waals surface area contributed by atoms with Gasteiger partial charge in [0.2, 0.25) is 0 Å². The van der Waals surface area contributed by atoms with Crippen molar-refractivity contribution in [2.24, 2.45) is 5.41 Å². The number of para-hydroxylation sites is 1. The number of hydrogen-bond acceptors (Lipinski definition) is 3. The van der Waals surface area contributed by atoms with Gasteiger partial charge in [0.25, 0.3) is 0 Å². The number of benzene rings is 4. The van der Waals surface area contributed by atoms with E-state index >= 15 is 0 Å². The Kier molecular flexibility index (Phi) is 8.70. The smallest absolute Gasteiger partial charge is 0.509 e. The van der Waals surface area contributed by atoms with Gasteiger partial charge in [0.1, 0.15) is 5.82 Å². The van der Waals surface area contributed by atoms with Crippen LogP contribution in [0.4, 0.5) is 0 Å². The van der Waals surface area contributed by atoms with Crippen LogP contribution in [-0.4, -0.2) is 19.3 Å². The van der Waals surface area contributed by atoms with Crippen LogP contribution in [0, 0.1) is 24.5 Å². The molecular formula is C40H36N4OPd. The molecule has 3 heterocycles. The molecular weight excluding hydrogens is 659 g/mol. The molecule has 0 saturated heterocycles. The Morgan fingerprint density at radius 1 is 0.804 bits per heavy atom. The van der Waals surface area contributed by atoms with Gasteiger partial charge in [0.15, 0.2) is 0 Å². The predicted octanol–water partition coefficient (Wildman–Crippen LogP) is 9.88. The third kappa shape index (κ3) is 6.04. The van der Waals surface area contributed by atoms with E-state index in [1.54, 1.807) is 0 Å². The summed E-state index contributed by atoms with van der Waals surface area (Å²) in [6, 6.07) is 40.2. The van der Waals surface area contributed by atoms with Crippen LogP contribution in [0.3, 0.4) is 0 Å². The van der Waals surface area contributed by atoms with Crippen molar-refractivity contribution >= 4 is 21.8 Å². The fraction of sp³-hybridized carbons (Fsp3) is 0.200. The summed E-state index contributed by atoms with van der Waals surface area (Å²) in [7, 11) is 0. The summed E-state index contributed by atoms with van der Waals surface area (Å²) in [5.41, 5.74) is 8.73. The largest absolute Gasteiger partial charge is 2.00 e. The monoisotopic (exact) mass is 694 g/mol. The van der Waals surface area contributed by atoms with E-state index in [1.165, 1.54) is 16.8 Å². The normalized spacial score (nSPS) is 11.6. The van der Waals surface area contributed by atoms with Gasteiger partial charge in [-0.25, -0.2) is 4.98 Å². The second-order valence-electron chi connectivity index (χ2n) is 12.8. The Labute approximate surface area is 284 Å². The molecule has 0 saturated carbocycles. The van der Waals surface area contributed by atoms with Crippen LogP contribution in [0.25, 0.3) is 44.4 Å². The summed E-state index contributed by atoms with van der Waals surface area (Å²) in [5, 5.41) is 7.39. The molecule has 6 heteroatoms. The van der Waals surface area contributed by atoms with E-state index in [2.05, 4.69) is 129 Å². The third-order valence-corrected chi connectivity index (χ3v) is 8.04. The van der Waals surface area contributed by atoms with Gasteiger partial charge >= 0.3 is 20.4 Å². The van der Waals surface area contributed by atoms with Crippen LogP contribution < -0.4 is 4.74 Å². The van der Waals surface area contributed by atoms with Gasteiger partial charge in [0.05, 0.1) is 11.4 Å². The number of pyridine rings is 1. The first-order valence-corrected chi connectivity index (χ1v) is 15.5. The van der Waals surface area contributed by atoms with Gasteiger partial charge in [0, 0.05) is 28.8 Å². The molecule has 0 aliphatic rings. The molecule has 7 rings (SSSR count). The second-order valence-corrected chi connectivity index (χ2v) is 12.8. The van der Waals surface area contributed by atoms with Gasteiger partial charge in [-0.05, 0) is 65.6 Å². The summed E-state index contributed by atoms with van der Waals surface area (Å²) in [4.78, 5) is 4.70. The molecule has 232 valence electrons. The van der Waals surface area contributed by atoms with Crippen molar-refractivity contribution in [2.45, 2.75) is 47.5 Å². The van der Waals surface area contributed by atoms with Crippen molar-refractivity contribution in [3.63, 3.8) is 0 Å². The van der Waals surface area contributed by atoms with E-state index in [4.69, 9.17) is 14.8 Å². The maximum Gasteiger partial charge on any atom is 2.00 e. The maximum atomic E-state index is 6.46. The summed E-state index contributed by atoms with van der Waals surface area (Å²) in [6.07, 6.45) is 3.55. The number of nitrogens with zero attached hydrogens (tertiary/aromatic N) is 4. The number of ether oxygens (including phenoxy) is 1. The first kappa shape index (κ1) is 31.5. The van der Waals surface area contributed by atoms with Crippen LogP contribution in [0.2, 0.25) is 0 Å². The van der Waals surface area contributed by atoms with E-state index in [-0.39, 0.29) is 25.8 Å². The first-order valence-electron chi connectivity index (χ1n) is 15.5. The molecule has 0 unspecified atom stereocenters. The van der Waals surface area contributed by atoms with Crippen LogP contribution in [0.15, 0.2) is 103 Å². The van der Waals surface area contributed by atoms with Crippen LogP contribution in [0.5, 0.6) is 11.5 Å². The minimum absolute atomic E-state index is 0. The van der Waals surface area contributed by atoms with Gasteiger partial charge < -0.3 is 9.30 Å². The molecule has 46 heavy (non-hydrogen) atoms. The third-order valence-electron chi connectivity index (χ3n) is 8.04. The average Bonchev–Trinajstić information content (AvgIpc) is 3.55. The molecule has 7 aromatic rings. The van der Waals surface area contributed by atoms with E-state index in [9.17, 15) is 0 Å². The molecule has 4 aromatic carbocycles. The molecule has 5 nitrogen and oxygen atoms in total. The van der Waals surface area contributed by atoms with Crippen LogP contribution >= 0.6 is 0 Å². The molecule has 0 atom stereocenters. The molecule has 0 fully saturated rings. The SMILES string of the molecule is CCc1nn(-c2[c-]c(Oc3[c-]c4c(cc3)c3ccccc3n4-c3cc(C)ccn3)ccc2)c(CC(C)(C)C)c1-c1ccccc1.[Pd+2]. The Hall–Kier alpha value is -4.50. The van der Waals surface area contributed by atoms with Gasteiger partial charge in [-0.3, -0.25) is 4.68 Å². The van der Waals surface area contributed by atoms with Gasteiger partial charge in [-0.1, -0.05) is 81.7 Å². The molecule has 3 aromatic heterocycles. The number of rotatable bonds is 7. The molecule has 0 aliphatic carbocycles. The summed E-state index contributed by atoms with van der Waals surface area (Å²) < 4.78 is 10.7. The van der Waals surface area contributed by atoms with E-state index in [0.29, 0.717) is 11.5 Å². The summed E-state index contributed by atoms with van der Waals surface area (Å²) in [6.45, 7) is 11.1. The van der Waals surface area contributed by atoms with E-state index in [0.717, 1.165) is 57.4 Å². The molecule has 0 radical (unpaired) electrons. The number of aromatic nitrogens is 4. The zero-order valence-corrected chi connectivity index (χ0v) is 28.3. The van der Waals surface area contributed by atoms with Crippen molar-refractivity contribution in [3.8, 4) is 34.1 Å². The first-order chi connectivity index (χ1) is 21.8. The Morgan fingerprint density at radius 3 is 2.33 bits per heavy atom. The number of hydrogen-bond donors (Lipinski definition) is 0. The zero-order valence-electron chi connectivity index (χ0n) is 26.7. The molecule has 0 spiro atoms. The zero-order chi connectivity index (χ0) is 31.1. The quantitative estimate of drug-likeness (QED) is 0.123. The summed E-state index contributed by atoms with van der Waals surface area (Å²) in [5.74, 6) is 2.08. The molecule has 0 amide bonds. The Morgan fingerprint density at radius 2 is 1.57 bits per heavy atom. The van der Waals surface area contributed by atoms with Crippen LogP contribution in [-0.2, 0) is 33.3 Å². The Balaban J connectivity index is 0.00000372. The average molecular weight is 695 g/mol. The van der Waals surface area contributed by atoms with E-state index < -0.39 is 0 Å². The minimum Gasteiger partial charge on any atom is -0.509 e. The predicted molar refractivity (Wildman–Crippen MR) is 183 cm³/mol. The van der Waals surface area contributed by atoms with Crippen molar-refractivity contribution in [2.75, 3.05) is 0 Å². The number of fused-ring (bicyclic) bond motifs is 3. The van der Waals surface area contributed by atoms with Gasteiger partial charge in [-0.2, -0.15) is 17.2 Å². The minimum atomic E-state index is 0. The topological polar surface area (TPSA) is 44.9 Å². The second kappa shape index (κ2) is 12.7. The Bertz CT molecular complexity index is 2150. The van der Waals surface area contributed by atoms with Crippen molar-refractivity contribution < 1.29 is 25.2 Å². The van der Waals surface area contributed by atoms with Crippen LogP contribution in [0.1, 0.15) is 44.6 Å². The number of aryl methyl sites for hydroxylation is 2. The molecule has 0 N–H and O–H groups in total. The molecule has 0 bridgehead atoms. The van der Waals surface area contributed by atoms with Crippen molar-refractivity contribution in [3.05, 3.63) is 132 Å². The maximum absolute atomic E-state index is 6.46. The van der Waals surface area contributed by atoms with Crippen molar-refractivity contribution in [1.29, 1.82) is 0 Å². The fourth-order valence-corrected chi connectivity index (χ4v) is 6.11. The standard InChI is InChI=1S/C40H36N4O.Pd/c1-6-34-39(28-13-8-7-9-14-28)37(26-40(3,4)5)44(42-34)29-15-12-16-30(24-29)45-31-19-20-33-32-17-10-11-18-35(32)43(36(33)25-31)38-23-27(2)21-22-41-38;/h7-23H,6,26H2,1-5H3;/q-2;+2.